The quantitative estimate of drug-likeness (QED) is 0.744. The average molecular weight is 366 g/mol. The number of nitrogens with one attached hydrogen (secondary N) is 1. The summed E-state index contributed by atoms with van der Waals surface area (Å²) in [5.74, 6) is 0.832. The van der Waals surface area contributed by atoms with Gasteiger partial charge in [0.2, 0.25) is 0 Å². The number of ether oxygens (including phenoxy) is 1. The van der Waals surface area contributed by atoms with Crippen LogP contribution in [0, 0.1) is 13.8 Å². The van der Waals surface area contributed by atoms with Gasteiger partial charge in [-0.25, -0.2) is 4.98 Å². The summed E-state index contributed by atoms with van der Waals surface area (Å²) < 4.78 is 8.57. The van der Waals surface area contributed by atoms with Crippen LogP contribution in [0.4, 0.5) is 5.69 Å². The predicted molar refractivity (Wildman–Crippen MR) is 90.6 cm³/mol. The van der Waals surface area contributed by atoms with Crippen LogP contribution >= 0.6 is 27.3 Å². The highest BCUT2D eigenvalue weighted by molar-refractivity contribution is 9.10. The maximum Gasteiger partial charge on any atom is 0.194 e. The molecule has 3 rings (SSSR count). The van der Waals surface area contributed by atoms with Crippen molar-refractivity contribution in [3.8, 4) is 5.75 Å². The predicted octanol–water partition coefficient (Wildman–Crippen LogP) is 4.40. The van der Waals surface area contributed by atoms with Crippen molar-refractivity contribution in [3.63, 3.8) is 0 Å². The zero-order chi connectivity index (χ0) is 15.0. The molecule has 0 aliphatic heterocycles. The van der Waals surface area contributed by atoms with Gasteiger partial charge >= 0.3 is 0 Å². The largest absolute Gasteiger partial charge is 0.495 e. The SMILES string of the molecule is COc1ccc(Br)cc1NCc1c(C)nc2sc(C)cn12. The number of nitrogens with zero attached hydrogens (tertiary/aromatic N) is 2. The molecule has 4 nitrogen and oxygen atoms in total. The van der Waals surface area contributed by atoms with Gasteiger partial charge in [0, 0.05) is 15.5 Å². The minimum atomic E-state index is 0.704. The van der Waals surface area contributed by atoms with Crippen molar-refractivity contribution in [2.45, 2.75) is 20.4 Å². The first-order valence-corrected chi connectivity index (χ1v) is 8.21. The maximum absolute atomic E-state index is 5.39. The number of halogens is 1. The molecule has 110 valence electrons. The number of hydrogen-bond donors (Lipinski definition) is 1. The summed E-state index contributed by atoms with van der Waals surface area (Å²) in [5.41, 5.74) is 3.20. The lowest BCUT2D eigenvalue weighted by Gasteiger charge is -2.11. The van der Waals surface area contributed by atoms with Crippen molar-refractivity contribution < 1.29 is 4.74 Å². The smallest absolute Gasteiger partial charge is 0.194 e. The second-order valence-corrected chi connectivity index (χ2v) is 6.97. The topological polar surface area (TPSA) is 38.6 Å². The van der Waals surface area contributed by atoms with E-state index in [1.807, 2.05) is 25.1 Å². The van der Waals surface area contributed by atoms with Crippen LogP contribution in [0.15, 0.2) is 28.9 Å². The summed E-state index contributed by atoms with van der Waals surface area (Å²) in [4.78, 5) is 6.91. The Morgan fingerprint density at radius 2 is 2.19 bits per heavy atom. The molecule has 0 saturated heterocycles. The van der Waals surface area contributed by atoms with Gasteiger partial charge in [0.15, 0.2) is 4.96 Å². The number of benzene rings is 1. The van der Waals surface area contributed by atoms with E-state index in [1.54, 1.807) is 18.4 Å². The number of rotatable bonds is 4. The Morgan fingerprint density at radius 1 is 1.38 bits per heavy atom. The molecular formula is C15H16BrN3OS. The van der Waals surface area contributed by atoms with Crippen LogP contribution in [0.2, 0.25) is 0 Å². The molecule has 2 aromatic heterocycles. The molecule has 1 N–H and O–H groups in total. The highest BCUT2D eigenvalue weighted by Gasteiger charge is 2.12. The highest BCUT2D eigenvalue weighted by atomic mass is 79.9. The Bertz CT molecular complexity index is 794. The van der Waals surface area contributed by atoms with Gasteiger partial charge < -0.3 is 10.1 Å². The molecular weight excluding hydrogens is 350 g/mol. The minimum Gasteiger partial charge on any atom is -0.495 e. The summed E-state index contributed by atoms with van der Waals surface area (Å²) in [6, 6.07) is 5.93. The Kier molecular flexibility index (Phi) is 3.91. The van der Waals surface area contributed by atoms with E-state index in [2.05, 4.69) is 43.8 Å². The Hall–Kier alpha value is -1.53. The first-order chi connectivity index (χ1) is 10.1. The number of aryl methyl sites for hydroxylation is 2. The number of aromatic nitrogens is 2. The lowest BCUT2D eigenvalue weighted by Crippen LogP contribution is -2.05. The maximum atomic E-state index is 5.39. The standard InChI is InChI=1S/C15H16BrN3OS/c1-9-8-19-13(10(2)18-15(19)21-9)7-17-12-6-11(16)4-5-14(12)20-3/h4-6,8,17H,7H2,1-3H3. The molecule has 0 aliphatic rings. The normalized spacial score (nSPS) is 11.0. The summed E-state index contributed by atoms with van der Waals surface area (Å²) >= 11 is 5.20. The molecule has 0 saturated carbocycles. The monoisotopic (exact) mass is 365 g/mol. The van der Waals surface area contributed by atoms with E-state index < -0.39 is 0 Å². The van der Waals surface area contributed by atoms with Crippen molar-refractivity contribution in [3.05, 3.63) is 45.1 Å². The van der Waals surface area contributed by atoms with Crippen LogP contribution < -0.4 is 10.1 Å². The molecule has 0 bridgehead atoms. The Morgan fingerprint density at radius 3 is 2.95 bits per heavy atom. The molecule has 21 heavy (non-hydrogen) atoms. The molecule has 0 spiro atoms. The zero-order valence-corrected chi connectivity index (χ0v) is 14.5. The number of hydrogen-bond acceptors (Lipinski definition) is 4. The molecule has 0 amide bonds. The summed E-state index contributed by atoms with van der Waals surface area (Å²) in [6.45, 7) is 4.85. The van der Waals surface area contributed by atoms with Crippen molar-refractivity contribution in [2.75, 3.05) is 12.4 Å². The first-order valence-electron chi connectivity index (χ1n) is 6.60. The van der Waals surface area contributed by atoms with Gasteiger partial charge in [0.05, 0.1) is 30.7 Å². The van der Waals surface area contributed by atoms with Gasteiger partial charge in [-0.1, -0.05) is 15.9 Å². The van der Waals surface area contributed by atoms with Crippen LogP contribution in [0.1, 0.15) is 16.3 Å². The van der Waals surface area contributed by atoms with Crippen molar-refractivity contribution in [2.24, 2.45) is 0 Å². The second-order valence-electron chi connectivity index (χ2n) is 4.84. The second kappa shape index (κ2) is 5.69. The van der Waals surface area contributed by atoms with E-state index in [1.165, 1.54) is 10.6 Å². The molecule has 6 heteroatoms. The van der Waals surface area contributed by atoms with Crippen LogP contribution in [-0.2, 0) is 6.54 Å². The van der Waals surface area contributed by atoms with Crippen LogP contribution in [0.5, 0.6) is 5.75 Å². The molecule has 1 aromatic carbocycles. The van der Waals surface area contributed by atoms with Gasteiger partial charge in [-0.05, 0) is 32.0 Å². The van der Waals surface area contributed by atoms with Crippen LogP contribution in [-0.4, -0.2) is 16.5 Å². The molecule has 0 aliphatic carbocycles. The third-order valence-corrected chi connectivity index (χ3v) is 4.74. The molecule has 3 aromatic rings. The van der Waals surface area contributed by atoms with E-state index in [9.17, 15) is 0 Å². The molecule has 0 fully saturated rings. The van der Waals surface area contributed by atoms with Crippen LogP contribution in [0.3, 0.4) is 0 Å². The van der Waals surface area contributed by atoms with E-state index >= 15 is 0 Å². The third-order valence-electron chi connectivity index (χ3n) is 3.35. The number of methoxy groups -OCH3 is 1. The average Bonchev–Trinajstić information content (AvgIpc) is 2.92. The van der Waals surface area contributed by atoms with Gasteiger partial charge in [0.1, 0.15) is 5.75 Å². The Labute approximate surface area is 135 Å². The lowest BCUT2D eigenvalue weighted by atomic mass is 10.2. The molecule has 2 heterocycles. The molecule has 0 radical (unpaired) electrons. The fourth-order valence-electron chi connectivity index (χ4n) is 2.32. The van der Waals surface area contributed by atoms with Gasteiger partial charge in [-0.2, -0.15) is 0 Å². The number of anilines is 1. The fourth-order valence-corrected chi connectivity index (χ4v) is 3.57. The van der Waals surface area contributed by atoms with Crippen molar-refractivity contribution in [1.82, 2.24) is 9.38 Å². The first kappa shape index (κ1) is 14.4. The number of imidazole rings is 1. The van der Waals surface area contributed by atoms with E-state index in [0.29, 0.717) is 6.54 Å². The zero-order valence-electron chi connectivity index (χ0n) is 12.1. The third kappa shape index (κ3) is 2.78. The van der Waals surface area contributed by atoms with E-state index in [4.69, 9.17) is 4.74 Å². The molecule has 0 atom stereocenters. The minimum absolute atomic E-state index is 0.704. The van der Waals surface area contributed by atoms with Gasteiger partial charge in [0.25, 0.3) is 0 Å². The number of fused-ring (bicyclic) bond motifs is 1. The number of thiazole rings is 1. The van der Waals surface area contributed by atoms with Gasteiger partial charge in [-0.3, -0.25) is 4.40 Å². The summed E-state index contributed by atoms with van der Waals surface area (Å²) in [5, 5.41) is 3.44. The van der Waals surface area contributed by atoms with Crippen LogP contribution in [0.25, 0.3) is 4.96 Å². The Balaban J connectivity index is 1.89. The van der Waals surface area contributed by atoms with Crippen molar-refractivity contribution >= 4 is 37.9 Å². The van der Waals surface area contributed by atoms with Gasteiger partial charge in [-0.15, -0.1) is 11.3 Å². The summed E-state index contributed by atoms with van der Waals surface area (Å²) in [7, 11) is 1.68. The summed E-state index contributed by atoms with van der Waals surface area (Å²) in [6.07, 6.45) is 2.13. The lowest BCUT2D eigenvalue weighted by molar-refractivity contribution is 0.416. The fraction of sp³-hybridized carbons (Fsp3) is 0.267. The van der Waals surface area contributed by atoms with E-state index in [0.717, 1.165) is 26.6 Å². The van der Waals surface area contributed by atoms with Crippen molar-refractivity contribution in [1.29, 1.82) is 0 Å². The molecule has 0 unspecified atom stereocenters. The highest BCUT2D eigenvalue weighted by Crippen LogP contribution is 2.29. The van der Waals surface area contributed by atoms with E-state index in [-0.39, 0.29) is 0 Å².